The van der Waals surface area contributed by atoms with Gasteiger partial charge in [-0.25, -0.2) is 0 Å². The van der Waals surface area contributed by atoms with Crippen LogP contribution >= 0.6 is 12.4 Å². The number of hydrogen-bond acceptors (Lipinski definition) is 1. The van der Waals surface area contributed by atoms with E-state index < -0.39 is 0 Å². The van der Waals surface area contributed by atoms with Crippen molar-refractivity contribution in [1.29, 1.82) is 0 Å². The first-order valence-corrected chi connectivity index (χ1v) is 5.51. The van der Waals surface area contributed by atoms with Gasteiger partial charge in [0.25, 0.3) is 0 Å². The predicted molar refractivity (Wildman–Crippen MR) is 71.0 cm³/mol. The van der Waals surface area contributed by atoms with E-state index in [0.29, 0.717) is 6.04 Å². The molecule has 0 aromatic heterocycles. The molecule has 1 nitrogen and oxygen atoms in total. The van der Waals surface area contributed by atoms with Crippen LogP contribution in [0.1, 0.15) is 17.5 Å². The lowest BCUT2D eigenvalue weighted by Gasteiger charge is -2.31. The fourth-order valence-corrected chi connectivity index (χ4v) is 2.33. The van der Waals surface area contributed by atoms with E-state index >= 15 is 0 Å². The molecule has 0 fully saturated rings. The van der Waals surface area contributed by atoms with Crippen LogP contribution in [0, 0.1) is 12.3 Å². The second kappa shape index (κ2) is 5.94. The second-order valence-electron chi connectivity index (χ2n) is 4.28. The van der Waals surface area contributed by atoms with E-state index in [9.17, 15) is 0 Å². The fraction of sp³-hybridized carbons (Fsp3) is 0.429. The molecule has 16 heavy (non-hydrogen) atoms. The van der Waals surface area contributed by atoms with E-state index in [2.05, 4.69) is 42.1 Å². The van der Waals surface area contributed by atoms with Gasteiger partial charge < -0.3 is 0 Å². The first-order valence-electron chi connectivity index (χ1n) is 5.51. The van der Waals surface area contributed by atoms with Gasteiger partial charge >= 0.3 is 0 Å². The Hall–Kier alpha value is -0.970. The molecule has 2 heteroatoms. The molecule has 0 bridgehead atoms. The van der Waals surface area contributed by atoms with Crippen molar-refractivity contribution in [2.45, 2.75) is 25.3 Å². The van der Waals surface area contributed by atoms with E-state index in [0.717, 1.165) is 13.0 Å². The van der Waals surface area contributed by atoms with Gasteiger partial charge in [-0.15, -0.1) is 18.8 Å². The maximum atomic E-state index is 5.34. The van der Waals surface area contributed by atoms with E-state index in [1.165, 1.54) is 24.0 Å². The third-order valence-corrected chi connectivity index (χ3v) is 3.28. The van der Waals surface area contributed by atoms with Gasteiger partial charge in [0.1, 0.15) is 0 Å². The number of fused-ring (bicyclic) bond motifs is 1. The van der Waals surface area contributed by atoms with Gasteiger partial charge in [-0.05, 0) is 37.4 Å². The highest BCUT2D eigenvalue weighted by Gasteiger charge is 2.20. The van der Waals surface area contributed by atoms with Gasteiger partial charge in [0.15, 0.2) is 0 Å². The van der Waals surface area contributed by atoms with Crippen LogP contribution in [0.15, 0.2) is 24.3 Å². The highest BCUT2D eigenvalue weighted by atomic mass is 35.5. The number of aryl methyl sites for hydroxylation is 1. The van der Waals surface area contributed by atoms with Crippen molar-refractivity contribution >= 4 is 12.4 Å². The summed E-state index contributed by atoms with van der Waals surface area (Å²) < 4.78 is 0. The molecule has 0 N–H and O–H groups in total. The molecule has 86 valence electrons. The maximum Gasteiger partial charge on any atom is 0.0598 e. The van der Waals surface area contributed by atoms with Crippen molar-refractivity contribution in [2.24, 2.45) is 0 Å². The van der Waals surface area contributed by atoms with E-state index in [1.807, 2.05) is 0 Å². The number of hydrogen-bond donors (Lipinski definition) is 0. The Kier molecular flexibility index (Phi) is 4.86. The molecule has 1 aliphatic rings. The third-order valence-electron chi connectivity index (χ3n) is 3.28. The number of halogens is 1. The molecule has 0 radical (unpaired) electrons. The lowest BCUT2D eigenvalue weighted by molar-refractivity contribution is 0.247. The number of nitrogens with zero attached hydrogens (tertiary/aromatic N) is 1. The minimum Gasteiger partial charge on any atom is -0.292 e. The van der Waals surface area contributed by atoms with Crippen LogP contribution in [0.25, 0.3) is 0 Å². The van der Waals surface area contributed by atoms with Gasteiger partial charge in [-0.3, -0.25) is 4.90 Å². The Balaban J connectivity index is 0.00000128. The van der Waals surface area contributed by atoms with E-state index in [-0.39, 0.29) is 12.4 Å². The molecule has 0 aliphatic heterocycles. The molecular formula is C14H18ClN. The maximum absolute atomic E-state index is 5.34. The van der Waals surface area contributed by atoms with Crippen LogP contribution < -0.4 is 0 Å². The normalized spacial score (nSPS) is 18.4. The molecule has 1 unspecified atom stereocenters. The van der Waals surface area contributed by atoms with Gasteiger partial charge in [0.05, 0.1) is 6.54 Å². The van der Waals surface area contributed by atoms with Crippen LogP contribution in [-0.4, -0.2) is 24.5 Å². The number of rotatable bonds is 2. The summed E-state index contributed by atoms with van der Waals surface area (Å²) >= 11 is 0. The molecule has 2 rings (SSSR count). The average molecular weight is 236 g/mol. The van der Waals surface area contributed by atoms with Crippen molar-refractivity contribution in [3.63, 3.8) is 0 Å². The summed E-state index contributed by atoms with van der Waals surface area (Å²) in [6.45, 7) is 0.757. The summed E-state index contributed by atoms with van der Waals surface area (Å²) in [5.41, 5.74) is 3.01. The lowest BCUT2D eigenvalue weighted by atomic mass is 9.88. The van der Waals surface area contributed by atoms with E-state index in [4.69, 9.17) is 6.42 Å². The van der Waals surface area contributed by atoms with Crippen LogP contribution in [0.4, 0.5) is 0 Å². The summed E-state index contributed by atoms with van der Waals surface area (Å²) in [5, 5.41) is 0. The average Bonchev–Trinajstić information content (AvgIpc) is 2.29. The minimum atomic E-state index is 0. The number of benzene rings is 1. The zero-order valence-corrected chi connectivity index (χ0v) is 10.5. The second-order valence-corrected chi connectivity index (χ2v) is 4.28. The van der Waals surface area contributed by atoms with Crippen molar-refractivity contribution in [2.75, 3.05) is 13.6 Å². The summed E-state index contributed by atoms with van der Waals surface area (Å²) in [4.78, 5) is 2.29. The Morgan fingerprint density at radius 1 is 1.38 bits per heavy atom. The highest BCUT2D eigenvalue weighted by molar-refractivity contribution is 5.85. The number of terminal acetylenes is 1. The third kappa shape index (κ3) is 2.78. The first kappa shape index (κ1) is 13.1. The molecule has 1 atom stereocenters. The molecule has 0 saturated carbocycles. The zero-order chi connectivity index (χ0) is 10.7. The summed E-state index contributed by atoms with van der Waals surface area (Å²) in [5.74, 6) is 2.71. The quantitative estimate of drug-likeness (QED) is 0.713. The van der Waals surface area contributed by atoms with Gasteiger partial charge in [-0.2, -0.15) is 0 Å². The smallest absolute Gasteiger partial charge is 0.0598 e. The van der Waals surface area contributed by atoms with Crippen molar-refractivity contribution in [1.82, 2.24) is 4.90 Å². The first-order chi connectivity index (χ1) is 7.31. The molecule has 1 aromatic rings. The monoisotopic (exact) mass is 235 g/mol. The molecular weight excluding hydrogens is 218 g/mol. The topological polar surface area (TPSA) is 3.24 Å². The largest absolute Gasteiger partial charge is 0.292 e. The standard InChI is InChI=1S/C14H17N.ClH/c1-3-10-15(2)14-9-8-12-6-4-5-7-13(12)11-14;/h1,4-7,14H,8-11H2,2H3;1H. The van der Waals surface area contributed by atoms with Gasteiger partial charge in [-0.1, -0.05) is 30.2 Å². The van der Waals surface area contributed by atoms with E-state index in [1.54, 1.807) is 0 Å². The minimum absolute atomic E-state index is 0. The zero-order valence-electron chi connectivity index (χ0n) is 9.65. The van der Waals surface area contributed by atoms with Crippen LogP contribution in [0.5, 0.6) is 0 Å². The lowest BCUT2D eigenvalue weighted by Crippen LogP contribution is -2.36. The fourth-order valence-electron chi connectivity index (χ4n) is 2.33. The molecule has 0 heterocycles. The Labute approximate surface area is 104 Å². The highest BCUT2D eigenvalue weighted by Crippen LogP contribution is 2.23. The Morgan fingerprint density at radius 2 is 2.06 bits per heavy atom. The van der Waals surface area contributed by atoms with Crippen molar-refractivity contribution in [3.05, 3.63) is 35.4 Å². The van der Waals surface area contributed by atoms with Gasteiger partial charge in [0.2, 0.25) is 0 Å². The van der Waals surface area contributed by atoms with Crippen LogP contribution in [-0.2, 0) is 12.8 Å². The van der Waals surface area contributed by atoms with Crippen LogP contribution in [0.3, 0.4) is 0 Å². The van der Waals surface area contributed by atoms with Crippen LogP contribution in [0.2, 0.25) is 0 Å². The molecule has 0 amide bonds. The van der Waals surface area contributed by atoms with Crippen molar-refractivity contribution in [3.8, 4) is 12.3 Å². The SMILES string of the molecule is C#CCN(C)C1CCc2ccccc2C1.Cl. The molecule has 0 saturated heterocycles. The summed E-state index contributed by atoms with van der Waals surface area (Å²) in [6, 6.07) is 9.36. The molecule has 1 aliphatic carbocycles. The molecule has 0 spiro atoms. The summed E-state index contributed by atoms with van der Waals surface area (Å²) in [7, 11) is 2.12. The Bertz CT molecular complexity index is 381. The van der Waals surface area contributed by atoms with Crippen molar-refractivity contribution < 1.29 is 0 Å². The number of likely N-dealkylation sites (N-methyl/N-ethyl adjacent to an activating group) is 1. The Morgan fingerprint density at radius 3 is 2.75 bits per heavy atom. The molecule has 1 aromatic carbocycles. The van der Waals surface area contributed by atoms with Gasteiger partial charge in [0, 0.05) is 6.04 Å². The predicted octanol–water partition coefficient (Wildman–Crippen LogP) is 2.53. The summed E-state index contributed by atoms with van der Waals surface area (Å²) in [6.07, 6.45) is 8.91.